The van der Waals surface area contributed by atoms with Crippen LogP contribution in [0.1, 0.15) is 15.9 Å². The maximum Gasteiger partial charge on any atom is 0.471 e. The summed E-state index contributed by atoms with van der Waals surface area (Å²) in [6.45, 7) is 0. The average Bonchev–Trinajstić information content (AvgIpc) is 2.56. The topological polar surface area (TPSA) is 55.4 Å². The summed E-state index contributed by atoms with van der Waals surface area (Å²) >= 11 is 0. The lowest BCUT2D eigenvalue weighted by Gasteiger charge is -2.11. The molecule has 0 radical (unpaired) electrons. The third-order valence-electron chi connectivity index (χ3n) is 3.34. The zero-order chi connectivity index (χ0) is 18.6. The number of hydrogen-bond donors (Lipinski definition) is 1. The molecule has 1 amide bonds. The van der Waals surface area contributed by atoms with Crippen LogP contribution < -0.4 is 5.32 Å². The van der Waals surface area contributed by atoms with Crippen molar-refractivity contribution in [3.63, 3.8) is 0 Å². The van der Waals surface area contributed by atoms with Crippen LogP contribution >= 0.6 is 0 Å². The molecule has 0 bridgehead atoms. The van der Waals surface area contributed by atoms with Crippen LogP contribution in [0, 0.1) is 12.3 Å². The number of terminal acetylenes is 1. The number of ether oxygens (including phenoxy) is 1. The summed E-state index contributed by atoms with van der Waals surface area (Å²) in [5.41, 5.74) is 2.29. The van der Waals surface area contributed by atoms with Crippen LogP contribution in [0.2, 0.25) is 0 Å². The molecule has 128 valence electrons. The normalized spacial score (nSPS) is 10.7. The van der Waals surface area contributed by atoms with Crippen LogP contribution in [0.4, 0.5) is 18.9 Å². The minimum atomic E-state index is -5.05. The quantitative estimate of drug-likeness (QED) is 0.569. The summed E-state index contributed by atoms with van der Waals surface area (Å²) in [7, 11) is 1.10. The van der Waals surface area contributed by atoms with Crippen molar-refractivity contribution < 1.29 is 27.5 Å². The minimum Gasteiger partial charge on any atom is -0.465 e. The maximum atomic E-state index is 12.1. The number of methoxy groups -OCH3 is 1. The van der Waals surface area contributed by atoms with E-state index in [2.05, 4.69) is 34.9 Å². The minimum absolute atomic E-state index is 0.107. The van der Waals surface area contributed by atoms with Gasteiger partial charge in [0.2, 0.25) is 0 Å². The van der Waals surface area contributed by atoms with Gasteiger partial charge in [0.05, 0.1) is 23.9 Å². The number of esters is 1. The van der Waals surface area contributed by atoms with Gasteiger partial charge < -0.3 is 10.1 Å². The summed E-state index contributed by atoms with van der Waals surface area (Å²) in [6, 6.07) is 12.2. The van der Waals surface area contributed by atoms with Crippen molar-refractivity contribution in [1.82, 2.24) is 0 Å². The standard InChI is InChI=1S/C12H8F3NO3.C6H4/c1-3-7-8(10(17)19-2)5-4-6-9(7)16-11(18)12(13,14)15;1-2-6-4-3-5(1)6/h1,4-6H,2H3,(H,16,18);1-4H. The van der Waals surface area contributed by atoms with Gasteiger partial charge in [0.15, 0.2) is 0 Å². The van der Waals surface area contributed by atoms with Gasteiger partial charge in [-0.05, 0) is 23.3 Å². The Kier molecular flexibility index (Phi) is 5.13. The zero-order valence-corrected chi connectivity index (χ0v) is 13.0. The number of anilines is 1. The van der Waals surface area contributed by atoms with Crippen LogP contribution in [0.15, 0.2) is 42.5 Å². The van der Waals surface area contributed by atoms with Crippen molar-refractivity contribution in [2.45, 2.75) is 6.18 Å². The molecule has 2 aliphatic rings. The molecule has 1 aromatic rings. The Bertz CT molecular complexity index is 828. The van der Waals surface area contributed by atoms with Crippen LogP contribution in [0.3, 0.4) is 0 Å². The first-order valence-electron chi connectivity index (χ1n) is 6.94. The van der Waals surface area contributed by atoms with Gasteiger partial charge in [-0.25, -0.2) is 4.79 Å². The van der Waals surface area contributed by atoms with E-state index in [1.807, 2.05) is 0 Å². The molecule has 0 aliphatic heterocycles. The molecule has 25 heavy (non-hydrogen) atoms. The Balaban J connectivity index is 0.000000306. The molecule has 0 spiro atoms. The Morgan fingerprint density at radius 3 is 2.00 bits per heavy atom. The molecule has 1 N–H and O–H groups in total. The highest BCUT2D eigenvalue weighted by Crippen LogP contribution is 2.29. The number of carbonyl (C=O) groups is 2. The van der Waals surface area contributed by atoms with Gasteiger partial charge in [-0.2, -0.15) is 13.2 Å². The molecule has 1 aromatic carbocycles. The largest absolute Gasteiger partial charge is 0.471 e. The Morgan fingerprint density at radius 1 is 1.08 bits per heavy atom. The molecule has 0 saturated heterocycles. The molecular weight excluding hydrogens is 335 g/mol. The molecule has 0 fully saturated rings. The lowest BCUT2D eigenvalue weighted by atomic mass is 9.95. The number of halogens is 3. The van der Waals surface area contributed by atoms with Crippen molar-refractivity contribution in [1.29, 1.82) is 0 Å². The number of alkyl halides is 3. The summed E-state index contributed by atoms with van der Waals surface area (Å²) in [4.78, 5) is 22.2. The van der Waals surface area contributed by atoms with Crippen LogP contribution in [0.25, 0.3) is 11.1 Å². The fourth-order valence-corrected chi connectivity index (χ4v) is 1.95. The predicted molar refractivity (Wildman–Crippen MR) is 85.8 cm³/mol. The first-order valence-corrected chi connectivity index (χ1v) is 6.94. The van der Waals surface area contributed by atoms with Crippen LogP contribution in [-0.4, -0.2) is 25.2 Å². The number of hydrogen-bond acceptors (Lipinski definition) is 3. The second-order valence-electron chi connectivity index (χ2n) is 4.89. The fourth-order valence-electron chi connectivity index (χ4n) is 1.95. The van der Waals surface area contributed by atoms with E-state index in [4.69, 9.17) is 6.42 Å². The van der Waals surface area contributed by atoms with E-state index >= 15 is 0 Å². The molecule has 0 atom stereocenters. The molecule has 7 heteroatoms. The molecular formula is C18H12F3NO3. The van der Waals surface area contributed by atoms with Crippen molar-refractivity contribution in [2.75, 3.05) is 12.4 Å². The van der Waals surface area contributed by atoms with Crippen molar-refractivity contribution in [3.8, 4) is 23.5 Å². The highest BCUT2D eigenvalue weighted by atomic mass is 19.4. The SMILES string of the molecule is C#Cc1c(NC(=O)C(F)(F)F)cccc1C(=O)OC.c1cc2ccc1-2. The van der Waals surface area contributed by atoms with Gasteiger partial charge in [0.25, 0.3) is 0 Å². The van der Waals surface area contributed by atoms with E-state index in [-0.39, 0.29) is 16.8 Å². The highest BCUT2D eigenvalue weighted by Gasteiger charge is 2.39. The monoisotopic (exact) mass is 347 g/mol. The average molecular weight is 347 g/mol. The lowest BCUT2D eigenvalue weighted by Crippen LogP contribution is -2.30. The summed E-state index contributed by atoms with van der Waals surface area (Å²) in [6.07, 6.45) is 0.0899. The second kappa shape index (κ2) is 7.09. The third kappa shape index (κ3) is 3.98. The van der Waals surface area contributed by atoms with Gasteiger partial charge in [-0.3, -0.25) is 4.79 Å². The van der Waals surface area contributed by atoms with E-state index in [1.165, 1.54) is 23.3 Å². The first kappa shape index (κ1) is 18.1. The molecule has 0 saturated carbocycles. The summed E-state index contributed by atoms with van der Waals surface area (Å²) in [5.74, 6) is -0.931. The van der Waals surface area contributed by atoms with E-state index < -0.39 is 18.1 Å². The van der Waals surface area contributed by atoms with Crippen molar-refractivity contribution in [3.05, 3.63) is 53.6 Å². The molecule has 0 heterocycles. The van der Waals surface area contributed by atoms with Gasteiger partial charge in [0, 0.05) is 0 Å². The smallest absolute Gasteiger partial charge is 0.465 e. The van der Waals surface area contributed by atoms with Crippen LogP contribution in [-0.2, 0) is 9.53 Å². The first-order chi connectivity index (χ1) is 11.8. The summed E-state index contributed by atoms with van der Waals surface area (Å²) in [5, 5.41) is 1.61. The van der Waals surface area contributed by atoms with E-state index in [0.29, 0.717) is 0 Å². The van der Waals surface area contributed by atoms with E-state index in [1.54, 1.807) is 5.32 Å². The number of carbonyl (C=O) groups excluding carboxylic acids is 2. The number of fused-ring (bicyclic) bond motifs is 1. The van der Waals surface area contributed by atoms with E-state index in [0.717, 1.165) is 13.2 Å². The number of benzene rings is 2. The maximum absolute atomic E-state index is 12.1. The van der Waals surface area contributed by atoms with Gasteiger partial charge in [0.1, 0.15) is 0 Å². The molecule has 3 rings (SSSR count). The number of nitrogens with one attached hydrogen (secondary N) is 1. The van der Waals surface area contributed by atoms with E-state index in [9.17, 15) is 22.8 Å². The van der Waals surface area contributed by atoms with Crippen molar-refractivity contribution in [2.24, 2.45) is 0 Å². The second-order valence-corrected chi connectivity index (χ2v) is 4.89. The van der Waals surface area contributed by atoms with Crippen LogP contribution in [0.5, 0.6) is 0 Å². The predicted octanol–water partition coefficient (Wildman–Crippen LogP) is 3.62. The van der Waals surface area contributed by atoms with Crippen molar-refractivity contribution >= 4 is 17.6 Å². The Hall–Kier alpha value is -3.27. The zero-order valence-electron chi connectivity index (χ0n) is 13.0. The summed E-state index contributed by atoms with van der Waals surface area (Å²) < 4.78 is 40.9. The molecule has 4 nitrogen and oxygen atoms in total. The van der Waals surface area contributed by atoms with Gasteiger partial charge >= 0.3 is 18.1 Å². The lowest BCUT2D eigenvalue weighted by molar-refractivity contribution is -0.167. The highest BCUT2D eigenvalue weighted by molar-refractivity contribution is 6.00. The Morgan fingerprint density at radius 2 is 1.64 bits per heavy atom. The Labute approximate surface area is 141 Å². The molecule has 0 unspecified atom stereocenters. The van der Waals surface area contributed by atoms with Gasteiger partial charge in [-0.15, -0.1) is 6.42 Å². The number of amides is 1. The fraction of sp³-hybridized carbons (Fsp3) is 0.111. The molecule has 0 aromatic heterocycles. The van der Waals surface area contributed by atoms with Gasteiger partial charge in [-0.1, -0.05) is 36.3 Å². The number of rotatable bonds is 2. The molecule has 2 aliphatic carbocycles. The third-order valence-corrected chi connectivity index (χ3v) is 3.34.